The van der Waals surface area contributed by atoms with Crippen LogP contribution in [0.5, 0.6) is 0 Å². The fourth-order valence-corrected chi connectivity index (χ4v) is 3.42. The maximum Gasteiger partial charge on any atom is 0.137 e. The van der Waals surface area contributed by atoms with Crippen molar-refractivity contribution in [3.05, 3.63) is 57.1 Å². The van der Waals surface area contributed by atoms with Gasteiger partial charge in [-0.15, -0.1) is 0 Å². The van der Waals surface area contributed by atoms with Crippen LogP contribution in [0.1, 0.15) is 41.8 Å². The van der Waals surface area contributed by atoms with E-state index in [1.807, 2.05) is 0 Å². The van der Waals surface area contributed by atoms with Crippen LogP contribution in [0.3, 0.4) is 0 Å². The molecule has 20 heavy (non-hydrogen) atoms. The Labute approximate surface area is 129 Å². The second kappa shape index (κ2) is 5.71. The molecule has 1 aromatic heterocycles. The van der Waals surface area contributed by atoms with Gasteiger partial charge in [-0.05, 0) is 30.4 Å². The van der Waals surface area contributed by atoms with Crippen LogP contribution in [-0.2, 0) is 19.3 Å². The van der Waals surface area contributed by atoms with Gasteiger partial charge in [0.1, 0.15) is 16.1 Å². The number of nitrogens with zero attached hydrogens (tertiary/aromatic N) is 2. The fourth-order valence-electron chi connectivity index (χ4n) is 2.83. The Morgan fingerprint density at radius 1 is 1.05 bits per heavy atom. The summed E-state index contributed by atoms with van der Waals surface area (Å²) in [7, 11) is 0. The number of rotatable bonds is 3. The first-order valence-corrected chi connectivity index (χ1v) is 7.73. The summed E-state index contributed by atoms with van der Waals surface area (Å²) < 4.78 is 0. The van der Waals surface area contributed by atoms with Crippen molar-refractivity contribution < 1.29 is 0 Å². The standard InChI is InChI=1S/C16H16Cl2N2/c1-2-5-13-14(17)19-16(20-15(13)18)12-8-10-6-3-4-7-11(10)9-12/h3-4,6-7,12H,2,5,8-9H2,1H3. The van der Waals surface area contributed by atoms with Gasteiger partial charge < -0.3 is 0 Å². The van der Waals surface area contributed by atoms with Gasteiger partial charge in [-0.2, -0.15) is 0 Å². The number of hydrogen-bond donors (Lipinski definition) is 0. The maximum atomic E-state index is 6.27. The third-order valence-electron chi connectivity index (χ3n) is 3.84. The van der Waals surface area contributed by atoms with Crippen molar-refractivity contribution in [1.29, 1.82) is 0 Å². The molecule has 0 saturated heterocycles. The lowest BCUT2D eigenvalue weighted by Crippen LogP contribution is -2.07. The molecule has 2 nitrogen and oxygen atoms in total. The molecule has 1 aliphatic carbocycles. The Bertz CT molecular complexity index is 592. The molecule has 0 bridgehead atoms. The number of hydrogen-bond acceptors (Lipinski definition) is 2. The molecule has 0 aliphatic heterocycles. The van der Waals surface area contributed by atoms with Gasteiger partial charge in [0.25, 0.3) is 0 Å². The van der Waals surface area contributed by atoms with E-state index in [9.17, 15) is 0 Å². The van der Waals surface area contributed by atoms with Crippen molar-refractivity contribution in [2.24, 2.45) is 0 Å². The van der Waals surface area contributed by atoms with Gasteiger partial charge in [0.2, 0.25) is 0 Å². The van der Waals surface area contributed by atoms with Crippen LogP contribution >= 0.6 is 23.2 Å². The van der Waals surface area contributed by atoms with Crippen molar-refractivity contribution in [1.82, 2.24) is 9.97 Å². The van der Waals surface area contributed by atoms with Gasteiger partial charge in [-0.25, -0.2) is 9.97 Å². The lowest BCUT2D eigenvalue weighted by Gasteiger charge is -2.11. The number of benzene rings is 1. The smallest absolute Gasteiger partial charge is 0.137 e. The predicted molar refractivity (Wildman–Crippen MR) is 82.6 cm³/mol. The molecule has 0 fully saturated rings. The fraction of sp³-hybridized carbons (Fsp3) is 0.375. The monoisotopic (exact) mass is 306 g/mol. The Hall–Kier alpha value is -1.12. The van der Waals surface area contributed by atoms with Crippen LogP contribution in [0, 0.1) is 0 Å². The van der Waals surface area contributed by atoms with Crippen molar-refractivity contribution in [2.75, 3.05) is 0 Å². The Kier molecular flexibility index (Phi) is 3.95. The number of aromatic nitrogens is 2. The summed E-state index contributed by atoms with van der Waals surface area (Å²) in [6.45, 7) is 2.09. The summed E-state index contributed by atoms with van der Waals surface area (Å²) in [5.74, 6) is 1.06. The van der Waals surface area contributed by atoms with Gasteiger partial charge in [-0.3, -0.25) is 0 Å². The highest BCUT2D eigenvalue weighted by atomic mass is 35.5. The third-order valence-corrected chi connectivity index (χ3v) is 4.46. The molecule has 0 spiro atoms. The van der Waals surface area contributed by atoms with Crippen LogP contribution in [-0.4, -0.2) is 9.97 Å². The largest absolute Gasteiger partial charge is 0.220 e. The quantitative estimate of drug-likeness (QED) is 0.773. The Morgan fingerprint density at radius 2 is 1.60 bits per heavy atom. The molecule has 1 aliphatic rings. The van der Waals surface area contributed by atoms with E-state index in [2.05, 4.69) is 41.2 Å². The van der Waals surface area contributed by atoms with Gasteiger partial charge in [0, 0.05) is 11.5 Å². The van der Waals surface area contributed by atoms with E-state index < -0.39 is 0 Å². The second-order valence-electron chi connectivity index (χ2n) is 5.27. The van der Waals surface area contributed by atoms with E-state index in [1.165, 1.54) is 11.1 Å². The molecular weight excluding hydrogens is 291 g/mol. The average Bonchev–Trinajstić information content (AvgIpc) is 2.86. The molecule has 3 rings (SSSR count). The molecule has 1 aromatic carbocycles. The van der Waals surface area contributed by atoms with Gasteiger partial charge in [-0.1, -0.05) is 60.8 Å². The molecule has 2 aromatic rings. The normalized spacial score (nSPS) is 14.6. The summed E-state index contributed by atoms with van der Waals surface area (Å²) in [5.41, 5.74) is 3.63. The molecule has 0 unspecified atom stereocenters. The summed E-state index contributed by atoms with van der Waals surface area (Å²) in [5, 5.41) is 1.02. The molecule has 0 atom stereocenters. The van der Waals surface area contributed by atoms with E-state index in [1.54, 1.807) is 0 Å². The minimum Gasteiger partial charge on any atom is -0.220 e. The van der Waals surface area contributed by atoms with Crippen LogP contribution in [0.25, 0.3) is 0 Å². The minimum absolute atomic E-state index is 0.290. The number of fused-ring (bicyclic) bond motifs is 1. The van der Waals surface area contributed by atoms with E-state index >= 15 is 0 Å². The minimum atomic E-state index is 0.290. The molecular formula is C16H16Cl2N2. The molecule has 104 valence electrons. The first-order valence-electron chi connectivity index (χ1n) is 6.97. The summed E-state index contributed by atoms with van der Waals surface area (Å²) in [4.78, 5) is 8.97. The van der Waals surface area contributed by atoms with E-state index in [0.717, 1.165) is 37.1 Å². The van der Waals surface area contributed by atoms with Gasteiger partial charge in [0.15, 0.2) is 0 Å². The zero-order valence-electron chi connectivity index (χ0n) is 11.4. The summed E-state index contributed by atoms with van der Waals surface area (Å²) in [6.07, 6.45) is 3.74. The van der Waals surface area contributed by atoms with E-state index in [0.29, 0.717) is 10.3 Å². The van der Waals surface area contributed by atoms with Gasteiger partial charge >= 0.3 is 0 Å². The molecule has 0 saturated carbocycles. The van der Waals surface area contributed by atoms with Crippen LogP contribution < -0.4 is 0 Å². The molecule has 0 amide bonds. The van der Waals surface area contributed by atoms with Crippen LogP contribution in [0.2, 0.25) is 10.3 Å². The SMILES string of the molecule is CCCc1c(Cl)nc(C2Cc3ccccc3C2)nc1Cl. The topological polar surface area (TPSA) is 25.8 Å². The summed E-state index contributed by atoms with van der Waals surface area (Å²) >= 11 is 12.5. The highest BCUT2D eigenvalue weighted by Crippen LogP contribution is 2.34. The predicted octanol–water partition coefficient (Wildman–Crippen LogP) is 4.62. The van der Waals surface area contributed by atoms with Crippen molar-refractivity contribution in [3.8, 4) is 0 Å². The van der Waals surface area contributed by atoms with Crippen LogP contribution in [0.4, 0.5) is 0 Å². The molecule has 0 N–H and O–H groups in total. The molecule has 1 heterocycles. The van der Waals surface area contributed by atoms with Crippen LogP contribution in [0.15, 0.2) is 24.3 Å². The van der Waals surface area contributed by atoms with Crippen molar-refractivity contribution in [2.45, 2.75) is 38.5 Å². The third kappa shape index (κ3) is 2.55. The van der Waals surface area contributed by atoms with Crippen molar-refractivity contribution >= 4 is 23.2 Å². The zero-order valence-corrected chi connectivity index (χ0v) is 12.9. The van der Waals surface area contributed by atoms with E-state index in [-0.39, 0.29) is 5.92 Å². The Balaban J connectivity index is 1.90. The first kappa shape index (κ1) is 13.8. The average molecular weight is 307 g/mol. The highest BCUT2D eigenvalue weighted by molar-refractivity contribution is 6.34. The molecule has 4 heteroatoms. The lowest BCUT2D eigenvalue weighted by atomic mass is 10.1. The maximum absolute atomic E-state index is 6.27. The first-order chi connectivity index (χ1) is 9.69. The Morgan fingerprint density at radius 3 is 2.10 bits per heavy atom. The van der Waals surface area contributed by atoms with Crippen molar-refractivity contribution in [3.63, 3.8) is 0 Å². The molecule has 0 radical (unpaired) electrons. The van der Waals surface area contributed by atoms with Gasteiger partial charge in [0.05, 0.1) is 0 Å². The lowest BCUT2D eigenvalue weighted by molar-refractivity contribution is 0.678. The second-order valence-corrected chi connectivity index (χ2v) is 5.98. The highest BCUT2D eigenvalue weighted by Gasteiger charge is 2.26. The van der Waals surface area contributed by atoms with E-state index in [4.69, 9.17) is 23.2 Å². The number of halogens is 2. The summed E-state index contributed by atoms with van der Waals surface area (Å²) in [6, 6.07) is 8.49. The zero-order chi connectivity index (χ0) is 14.1.